The first-order chi connectivity index (χ1) is 12.5. The highest BCUT2D eigenvalue weighted by atomic mass is 16.2. The third-order valence-corrected chi connectivity index (χ3v) is 4.75. The van der Waals surface area contributed by atoms with Crippen LogP contribution < -0.4 is 5.56 Å². The Bertz CT molecular complexity index is 990. The molecule has 0 radical (unpaired) electrons. The molecular weight excluding hydrogens is 324 g/mol. The second-order valence-electron chi connectivity index (χ2n) is 6.70. The van der Waals surface area contributed by atoms with E-state index < -0.39 is 0 Å². The maximum atomic E-state index is 12.6. The number of aromatic nitrogens is 1. The molecule has 1 N–H and O–H groups in total. The van der Waals surface area contributed by atoms with E-state index in [4.69, 9.17) is 0 Å². The summed E-state index contributed by atoms with van der Waals surface area (Å²) in [5, 5.41) is 1.03. The maximum absolute atomic E-state index is 12.6. The zero-order chi connectivity index (χ0) is 18.7. The zero-order valence-corrected chi connectivity index (χ0v) is 15.5. The van der Waals surface area contributed by atoms with Crippen LogP contribution in [-0.2, 0) is 17.9 Å². The number of fused-ring (bicyclic) bond motifs is 1. The lowest BCUT2D eigenvalue weighted by molar-refractivity contribution is -0.132. The van der Waals surface area contributed by atoms with Gasteiger partial charge in [0.05, 0.1) is 12.1 Å². The normalized spacial score (nSPS) is 10.9. The summed E-state index contributed by atoms with van der Waals surface area (Å²) in [6.45, 7) is 6.67. The van der Waals surface area contributed by atoms with Crippen LogP contribution in [0.5, 0.6) is 0 Å². The number of carbonyl (C=O) groups excluding carboxylic acids is 1. The van der Waals surface area contributed by atoms with Crippen LogP contribution in [0.1, 0.15) is 35.6 Å². The molecule has 0 aliphatic carbocycles. The summed E-state index contributed by atoms with van der Waals surface area (Å²) in [5.74, 6) is 0.0364. The van der Waals surface area contributed by atoms with Gasteiger partial charge in [0.15, 0.2) is 0 Å². The Labute approximate surface area is 153 Å². The Kier molecular flexibility index (Phi) is 5.21. The lowest BCUT2D eigenvalue weighted by Gasteiger charge is -2.22. The number of aryl methyl sites for hydroxylation is 2. The third-order valence-electron chi connectivity index (χ3n) is 4.75. The van der Waals surface area contributed by atoms with E-state index in [1.54, 1.807) is 4.90 Å². The average molecular weight is 348 g/mol. The Morgan fingerprint density at radius 2 is 1.69 bits per heavy atom. The van der Waals surface area contributed by atoms with Crippen molar-refractivity contribution in [1.82, 2.24) is 9.88 Å². The van der Waals surface area contributed by atoms with E-state index >= 15 is 0 Å². The average Bonchev–Trinajstić information content (AvgIpc) is 2.65. The van der Waals surface area contributed by atoms with Crippen molar-refractivity contribution < 1.29 is 4.79 Å². The van der Waals surface area contributed by atoms with Crippen LogP contribution in [-0.4, -0.2) is 15.8 Å². The lowest BCUT2D eigenvalue weighted by atomic mass is 10.0. The Morgan fingerprint density at radius 3 is 2.38 bits per heavy atom. The molecule has 3 aromatic rings. The summed E-state index contributed by atoms with van der Waals surface area (Å²) in [4.78, 5) is 29.8. The molecule has 0 saturated carbocycles. The predicted molar refractivity (Wildman–Crippen MR) is 105 cm³/mol. The van der Waals surface area contributed by atoms with Crippen LogP contribution >= 0.6 is 0 Å². The second kappa shape index (κ2) is 7.56. The fourth-order valence-corrected chi connectivity index (χ4v) is 3.20. The van der Waals surface area contributed by atoms with Crippen molar-refractivity contribution in [3.05, 3.63) is 81.1 Å². The fraction of sp³-hybridized carbons (Fsp3) is 0.273. The van der Waals surface area contributed by atoms with Gasteiger partial charge in [-0.1, -0.05) is 49.4 Å². The first-order valence-corrected chi connectivity index (χ1v) is 8.93. The number of carbonyl (C=O) groups is 1. The number of H-pyrrole nitrogens is 1. The van der Waals surface area contributed by atoms with Crippen molar-refractivity contribution in [2.75, 3.05) is 0 Å². The highest BCUT2D eigenvalue weighted by Gasteiger charge is 2.16. The van der Waals surface area contributed by atoms with Gasteiger partial charge in [-0.05, 0) is 36.6 Å². The van der Waals surface area contributed by atoms with Crippen molar-refractivity contribution in [1.29, 1.82) is 0 Å². The lowest BCUT2D eigenvalue weighted by Crippen LogP contribution is -2.32. The minimum atomic E-state index is -0.131. The van der Waals surface area contributed by atoms with Gasteiger partial charge in [-0.3, -0.25) is 9.59 Å². The molecule has 0 fully saturated rings. The number of hydrogen-bond donors (Lipinski definition) is 1. The molecule has 0 bridgehead atoms. The van der Waals surface area contributed by atoms with Crippen LogP contribution in [0.25, 0.3) is 10.9 Å². The molecule has 2 aromatic carbocycles. The van der Waals surface area contributed by atoms with Gasteiger partial charge in [0.1, 0.15) is 0 Å². The van der Waals surface area contributed by atoms with E-state index in [-0.39, 0.29) is 11.5 Å². The molecule has 0 saturated heterocycles. The van der Waals surface area contributed by atoms with Crippen molar-refractivity contribution in [2.24, 2.45) is 0 Å². The molecule has 0 atom stereocenters. The van der Waals surface area contributed by atoms with Gasteiger partial charge in [-0.25, -0.2) is 0 Å². The van der Waals surface area contributed by atoms with Crippen molar-refractivity contribution in [3.8, 4) is 0 Å². The molecular formula is C22H24N2O2. The molecule has 26 heavy (non-hydrogen) atoms. The molecule has 134 valence electrons. The van der Waals surface area contributed by atoms with Crippen LogP contribution in [0, 0.1) is 13.8 Å². The van der Waals surface area contributed by atoms with E-state index in [0.717, 1.165) is 27.6 Å². The smallest absolute Gasteiger partial charge is 0.253 e. The SMILES string of the molecule is CCC(=O)N(Cc1ccccc1)Cc1cc2c(C)ccc(C)c2[nH]c1=O. The van der Waals surface area contributed by atoms with Crippen molar-refractivity contribution >= 4 is 16.8 Å². The quantitative estimate of drug-likeness (QED) is 0.755. The summed E-state index contributed by atoms with van der Waals surface area (Å²) in [6, 6.07) is 15.8. The summed E-state index contributed by atoms with van der Waals surface area (Å²) in [7, 11) is 0. The predicted octanol–water partition coefficient (Wildman–Crippen LogP) is 4.08. The third kappa shape index (κ3) is 3.69. The number of pyridine rings is 1. The van der Waals surface area contributed by atoms with Gasteiger partial charge in [-0.15, -0.1) is 0 Å². The molecule has 1 heterocycles. The van der Waals surface area contributed by atoms with Crippen molar-refractivity contribution in [2.45, 2.75) is 40.3 Å². The first kappa shape index (κ1) is 17.9. The van der Waals surface area contributed by atoms with Gasteiger partial charge in [0, 0.05) is 23.9 Å². The molecule has 1 amide bonds. The van der Waals surface area contributed by atoms with Gasteiger partial charge in [-0.2, -0.15) is 0 Å². The molecule has 4 heteroatoms. The van der Waals surface area contributed by atoms with E-state index in [1.165, 1.54) is 0 Å². The first-order valence-electron chi connectivity index (χ1n) is 8.93. The minimum absolute atomic E-state index is 0.0364. The van der Waals surface area contributed by atoms with Crippen LogP contribution in [0.15, 0.2) is 53.3 Å². The van der Waals surface area contributed by atoms with Crippen LogP contribution in [0.2, 0.25) is 0 Å². The van der Waals surface area contributed by atoms with E-state index in [1.807, 2.05) is 63.2 Å². The summed E-state index contributed by atoms with van der Waals surface area (Å²) < 4.78 is 0. The molecule has 0 aliphatic rings. The van der Waals surface area contributed by atoms with E-state index in [2.05, 4.69) is 11.1 Å². The van der Waals surface area contributed by atoms with Gasteiger partial charge >= 0.3 is 0 Å². The standard InChI is InChI=1S/C22H24N2O2/c1-4-20(25)24(13-17-8-6-5-7-9-17)14-18-12-19-15(2)10-11-16(3)21(19)23-22(18)26/h5-12H,4,13-14H2,1-3H3,(H,23,26). The highest BCUT2D eigenvalue weighted by Crippen LogP contribution is 2.20. The largest absolute Gasteiger partial charge is 0.334 e. The number of rotatable bonds is 5. The zero-order valence-electron chi connectivity index (χ0n) is 15.5. The Hall–Kier alpha value is -2.88. The Balaban J connectivity index is 1.98. The van der Waals surface area contributed by atoms with Crippen molar-refractivity contribution in [3.63, 3.8) is 0 Å². The monoisotopic (exact) mass is 348 g/mol. The highest BCUT2D eigenvalue weighted by molar-refractivity contribution is 5.85. The molecule has 3 rings (SSSR count). The summed E-state index contributed by atoms with van der Waals surface area (Å²) in [6.07, 6.45) is 0.413. The summed E-state index contributed by atoms with van der Waals surface area (Å²) in [5.41, 5.74) is 4.56. The number of hydrogen-bond acceptors (Lipinski definition) is 2. The number of amides is 1. The number of nitrogens with zero attached hydrogens (tertiary/aromatic N) is 1. The maximum Gasteiger partial charge on any atom is 0.253 e. The Morgan fingerprint density at radius 1 is 1.00 bits per heavy atom. The topological polar surface area (TPSA) is 53.2 Å². The van der Waals surface area contributed by atoms with Gasteiger partial charge in [0.25, 0.3) is 5.56 Å². The molecule has 0 unspecified atom stereocenters. The van der Waals surface area contributed by atoms with E-state index in [0.29, 0.717) is 25.1 Å². The molecule has 4 nitrogen and oxygen atoms in total. The minimum Gasteiger partial charge on any atom is -0.334 e. The van der Waals surface area contributed by atoms with Gasteiger partial charge < -0.3 is 9.88 Å². The molecule has 0 spiro atoms. The second-order valence-corrected chi connectivity index (χ2v) is 6.70. The van der Waals surface area contributed by atoms with Crippen LogP contribution in [0.4, 0.5) is 0 Å². The molecule has 0 aliphatic heterocycles. The number of aromatic amines is 1. The summed E-state index contributed by atoms with van der Waals surface area (Å²) >= 11 is 0. The molecule has 1 aromatic heterocycles. The van der Waals surface area contributed by atoms with Crippen LogP contribution in [0.3, 0.4) is 0 Å². The number of nitrogens with one attached hydrogen (secondary N) is 1. The fourth-order valence-electron chi connectivity index (χ4n) is 3.20. The van der Waals surface area contributed by atoms with E-state index in [9.17, 15) is 9.59 Å². The number of benzene rings is 2. The van der Waals surface area contributed by atoms with Gasteiger partial charge in [0.2, 0.25) is 5.91 Å².